The first-order valence-electron chi connectivity index (χ1n) is 12.7. The second-order valence-corrected chi connectivity index (χ2v) is 8.46. The Balaban J connectivity index is -0.0000000577. The normalized spacial score (nSPS) is 17.1. The molecule has 3 saturated heterocycles. The molecule has 9 amide bonds. The number of urea groups is 3. The summed E-state index contributed by atoms with van der Waals surface area (Å²) < 4.78 is 0. The van der Waals surface area contributed by atoms with Crippen molar-refractivity contribution >= 4 is 47.9 Å². The monoisotopic (exact) mass is 886 g/mol. The fourth-order valence-electron chi connectivity index (χ4n) is 2.82. The topological polar surface area (TPSA) is 278 Å². The summed E-state index contributed by atoms with van der Waals surface area (Å²) in [6.45, 7) is 3.85. The van der Waals surface area contributed by atoms with Crippen molar-refractivity contribution in [2.45, 2.75) is 61.2 Å². The average molecular weight is 888 g/mol. The maximum atomic E-state index is 10.9. The minimum atomic E-state index is -0.537. The third-order valence-corrected chi connectivity index (χ3v) is 4.92. The molecule has 3 atom stereocenters. The summed E-state index contributed by atoms with van der Waals surface area (Å²) in [7, 11) is 8.45. The van der Waals surface area contributed by atoms with E-state index in [9.17, 15) is 38.4 Å². The number of Topliss-reactive ketones (excluding diaryl/α,β-unsaturated/α-hetero) is 1. The molecule has 3 unspecified atom stereocenters. The molecule has 0 aliphatic carbocycles. The van der Waals surface area contributed by atoms with Gasteiger partial charge in [-0.15, -0.1) is 0 Å². The summed E-state index contributed by atoms with van der Waals surface area (Å²) >= 11 is 0. The molecule has 3 heterocycles. The molecule has 3 fully saturated rings. The second kappa shape index (κ2) is 44.3. The van der Waals surface area contributed by atoms with Gasteiger partial charge in [0.15, 0.2) is 23.9 Å². The number of imide groups is 3. The van der Waals surface area contributed by atoms with Gasteiger partial charge in [0.25, 0.3) is 5.91 Å². The van der Waals surface area contributed by atoms with Gasteiger partial charge in [-0.05, 0) is 41.7 Å². The van der Waals surface area contributed by atoms with Crippen LogP contribution in [0, 0.1) is 0 Å². The van der Waals surface area contributed by atoms with Crippen LogP contribution in [-0.2, 0) is 42.5 Å². The average Bonchev–Trinajstić information content (AvgIpc) is 3.50. The minimum Gasteiger partial charge on any atom is -0.438 e. The Labute approximate surface area is 402 Å². The molecule has 3 aliphatic heterocycles. The quantitative estimate of drug-likeness (QED) is 0.0750. The molecule has 277 valence electrons. The number of likely N-dealkylation sites (N-methyl/N-ethyl adjacent to an activating group) is 5. The Bertz CT molecular complexity index is 903. The van der Waals surface area contributed by atoms with Crippen molar-refractivity contribution in [1.82, 2.24) is 42.1 Å². The zero-order chi connectivity index (χ0) is 32.7. The van der Waals surface area contributed by atoms with Crippen molar-refractivity contribution in [2.75, 3.05) is 68.0 Å². The SMILES string of the molecule is C.C.C.C.CC(=O)CCN.CNCC1C(=O)[N-]C(=O)N1C.CNCC1NC(=O)NC1=O.CNCC1NC(=O)[N-]C1=O.CNCC=O.[Rb+].[Rb+].[V]. The molecule has 49 heavy (non-hydrogen) atoms. The van der Waals surface area contributed by atoms with E-state index in [0.717, 1.165) is 6.29 Å². The van der Waals surface area contributed by atoms with E-state index < -0.39 is 36.2 Å². The van der Waals surface area contributed by atoms with E-state index in [1.807, 2.05) is 0 Å². The van der Waals surface area contributed by atoms with Gasteiger partial charge in [-0.2, -0.15) is 0 Å². The van der Waals surface area contributed by atoms with Crippen molar-refractivity contribution in [3.05, 3.63) is 10.6 Å². The number of ketones is 1. The number of nitrogens with two attached hydrogens (primary N) is 1. The van der Waals surface area contributed by atoms with Crippen LogP contribution in [-0.4, -0.2) is 139 Å². The van der Waals surface area contributed by atoms with Crippen molar-refractivity contribution in [2.24, 2.45) is 5.73 Å². The molecular formula is C27H59N11O8Rb2V. The Kier molecular flexibility index (Phi) is 63.9. The number of rotatable bonds is 10. The molecule has 1 radical (unpaired) electrons. The molecule has 0 saturated carbocycles. The fraction of sp³-hybridized carbons (Fsp3) is 0.704. The number of nitrogens with zero attached hydrogens (tertiary/aromatic N) is 3. The van der Waals surface area contributed by atoms with Crippen LogP contribution >= 0.6 is 0 Å². The number of hydrogen-bond acceptors (Lipinski definition) is 13. The number of aldehydes is 1. The van der Waals surface area contributed by atoms with Gasteiger partial charge in [0, 0.05) is 56.7 Å². The molecule has 3 rings (SSSR count). The van der Waals surface area contributed by atoms with Crippen LogP contribution in [0.2, 0.25) is 0 Å². The summed E-state index contributed by atoms with van der Waals surface area (Å²) in [6.07, 6.45) is 1.33. The van der Waals surface area contributed by atoms with E-state index in [4.69, 9.17) is 5.73 Å². The van der Waals surface area contributed by atoms with E-state index in [-0.39, 0.29) is 188 Å². The molecule has 3 aliphatic rings. The first-order chi connectivity index (χ1) is 19.8. The van der Waals surface area contributed by atoms with Gasteiger partial charge in [0.05, 0.1) is 6.54 Å². The first-order valence-corrected chi connectivity index (χ1v) is 12.7. The summed E-state index contributed by atoms with van der Waals surface area (Å²) in [6, 6.07) is -2.67. The minimum absolute atomic E-state index is 0. The third-order valence-electron chi connectivity index (χ3n) is 4.92. The maximum absolute atomic E-state index is 10.9. The second-order valence-electron chi connectivity index (χ2n) is 8.46. The van der Waals surface area contributed by atoms with Gasteiger partial charge < -0.3 is 58.0 Å². The van der Waals surface area contributed by atoms with Crippen molar-refractivity contribution in [1.29, 1.82) is 0 Å². The molecule has 19 nitrogen and oxygen atoms in total. The Morgan fingerprint density at radius 3 is 1.55 bits per heavy atom. The van der Waals surface area contributed by atoms with Gasteiger partial charge in [0.1, 0.15) is 18.1 Å². The van der Waals surface area contributed by atoms with E-state index in [1.165, 1.54) is 11.8 Å². The van der Waals surface area contributed by atoms with E-state index in [1.54, 1.807) is 35.2 Å². The molecule has 22 heteroatoms. The Morgan fingerprint density at radius 1 is 0.816 bits per heavy atom. The van der Waals surface area contributed by atoms with Crippen molar-refractivity contribution < 1.29 is 173 Å². The molecular weight excluding hydrogens is 828 g/mol. The Hall–Kier alpha value is 0.155. The number of carbonyl (C=O) groups is 8. The van der Waals surface area contributed by atoms with Gasteiger partial charge in [-0.25, -0.2) is 4.79 Å². The smallest absolute Gasteiger partial charge is 0.438 e. The molecule has 0 aromatic carbocycles. The number of hydrogen-bond donors (Lipinski definition) is 8. The number of nitrogens with one attached hydrogen (secondary N) is 7. The predicted molar refractivity (Wildman–Crippen MR) is 180 cm³/mol. The van der Waals surface area contributed by atoms with E-state index in [2.05, 4.69) is 47.9 Å². The van der Waals surface area contributed by atoms with Gasteiger partial charge >= 0.3 is 122 Å². The fourth-order valence-corrected chi connectivity index (χ4v) is 2.82. The van der Waals surface area contributed by atoms with Crippen LogP contribution in [0.1, 0.15) is 43.1 Å². The molecule has 0 spiro atoms. The number of amides is 9. The molecule has 0 bridgehead atoms. The number of carbonyl (C=O) groups excluding carboxylic acids is 8. The zero-order valence-corrected chi connectivity index (χ0v) is 38.4. The van der Waals surface area contributed by atoms with Crippen LogP contribution in [0.3, 0.4) is 0 Å². The Morgan fingerprint density at radius 2 is 1.31 bits per heavy atom. The summed E-state index contributed by atoms with van der Waals surface area (Å²) in [5.41, 5.74) is 5.01. The molecule has 0 aromatic rings. The summed E-state index contributed by atoms with van der Waals surface area (Å²) in [5, 5.41) is 24.4. The van der Waals surface area contributed by atoms with Crippen LogP contribution in [0.4, 0.5) is 14.4 Å². The standard InChI is InChI=1S/C6H11N3O2.2C5H9N3O2.C4H9NO.C3H7NO.4CH4.2Rb.V/c1-7-3-4-5(10)8-6(11)9(4)2;2*1-6-2-3-4(9)8-5(10)7-3;1-4(6)2-3-5;1-4-2-3-5;;;;;;;/h4,7H,3H2,1-2H3,(H,8,10,11);2*3,6H,2H2,1H3,(H2,7,8,9,10);2-3,5H2,1H3;3-4H,2H2,1H3;4*1H4;;;/q;;;;;;;;;2*+1;/p-2. The predicted octanol–water partition coefficient (Wildman–Crippen LogP) is -6.97. The van der Waals surface area contributed by atoms with Crippen LogP contribution in [0.25, 0.3) is 10.6 Å². The first kappa shape index (κ1) is 70.7. The molecule has 0 aromatic heterocycles. The van der Waals surface area contributed by atoms with Crippen LogP contribution < -0.4 is 159 Å². The van der Waals surface area contributed by atoms with Gasteiger partial charge in [-0.1, -0.05) is 36.8 Å². The van der Waals surface area contributed by atoms with Crippen molar-refractivity contribution in [3.8, 4) is 0 Å². The largest absolute Gasteiger partial charge is 1.00 e. The molecule has 9 N–H and O–H groups in total. The maximum Gasteiger partial charge on any atom is 1.00 e. The van der Waals surface area contributed by atoms with Crippen LogP contribution in [0.15, 0.2) is 0 Å². The summed E-state index contributed by atoms with van der Waals surface area (Å²) in [4.78, 5) is 84.6. The van der Waals surface area contributed by atoms with E-state index >= 15 is 0 Å². The van der Waals surface area contributed by atoms with Crippen LogP contribution in [0.5, 0.6) is 0 Å². The van der Waals surface area contributed by atoms with Gasteiger partial charge in [-0.3, -0.25) is 34.1 Å². The third kappa shape index (κ3) is 35.0. The zero-order valence-electron chi connectivity index (χ0n) is 27.2. The van der Waals surface area contributed by atoms with E-state index in [0.29, 0.717) is 39.1 Å². The van der Waals surface area contributed by atoms with Gasteiger partial charge in [0.2, 0.25) is 0 Å². The van der Waals surface area contributed by atoms with Crippen molar-refractivity contribution in [3.63, 3.8) is 0 Å². The summed E-state index contributed by atoms with van der Waals surface area (Å²) in [5.74, 6) is -0.844.